The highest BCUT2D eigenvalue weighted by molar-refractivity contribution is 5.17. The summed E-state index contributed by atoms with van der Waals surface area (Å²) in [6, 6.07) is 5.29. The molecule has 3 aliphatic rings. The van der Waals surface area contributed by atoms with Crippen LogP contribution in [0.15, 0.2) is 16.5 Å². The Labute approximate surface area is 145 Å². The van der Waals surface area contributed by atoms with Gasteiger partial charge in [-0.3, -0.25) is 4.90 Å². The quantitative estimate of drug-likeness (QED) is 0.869. The van der Waals surface area contributed by atoms with Crippen LogP contribution in [-0.4, -0.2) is 41.3 Å². The molecule has 24 heavy (non-hydrogen) atoms. The molecule has 2 heterocycles. The van der Waals surface area contributed by atoms with Crippen LogP contribution >= 0.6 is 0 Å². The maximum absolute atomic E-state index is 10.2. The molecule has 0 aromatic carbocycles. The van der Waals surface area contributed by atoms with Crippen molar-refractivity contribution < 1.29 is 9.52 Å². The van der Waals surface area contributed by atoms with E-state index in [2.05, 4.69) is 29.3 Å². The van der Waals surface area contributed by atoms with Crippen LogP contribution in [0.4, 0.5) is 0 Å². The second-order valence-electron chi connectivity index (χ2n) is 8.23. The molecule has 0 bridgehead atoms. The van der Waals surface area contributed by atoms with Gasteiger partial charge in [-0.2, -0.15) is 0 Å². The molecule has 4 nitrogen and oxygen atoms in total. The van der Waals surface area contributed by atoms with Crippen molar-refractivity contribution >= 4 is 0 Å². The Morgan fingerprint density at radius 2 is 1.92 bits per heavy atom. The van der Waals surface area contributed by atoms with E-state index in [1.54, 1.807) is 0 Å². The maximum Gasteiger partial charge on any atom is 0.117 e. The first-order chi connectivity index (χ1) is 11.7. The Bertz CT molecular complexity index is 535. The van der Waals surface area contributed by atoms with Crippen LogP contribution in [0.3, 0.4) is 0 Å². The van der Waals surface area contributed by atoms with Gasteiger partial charge in [0.2, 0.25) is 0 Å². The number of aliphatic hydroxyl groups excluding tert-OH is 1. The Kier molecular flexibility index (Phi) is 4.98. The smallest absolute Gasteiger partial charge is 0.117 e. The van der Waals surface area contributed by atoms with Gasteiger partial charge in [0.05, 0.1) is 12.6 Å². The summed E-state index contributed by atoms with van der Waals surface area (Å²) in [6.07, 6.45) is 8.17. The zero-order valence-corrected chi connectivity index (χ0v) is 14.9. The van der Waals surface area contributed by atoms with Crippen molar-refractivity contribution in [3.8, 4) is 0 Å². The molecule has 4 heteroatoms. The standard InChI is InChI=1S/C20H32N2O2/c1-14-12-17(14)20-7-6-16(24-20)13-21-15-8-10-22(11-9-15)18-4-2-3-5-19(18)23/h6-7,14-15,17-19,21,23H,2-5,8-13H2,1H3. The molecule has 0 amide bonds. The SMILES string of the molecule is CC1CC1c1ccc(CNC2CCN(C3CCCCC3O)CC2)o1. The van der Waals surface area contributed by atoms with Crippen molar-refractivity contribution in [1.82, 2.24) is 10.2 Å². The summed E-state index contributed by atoms with van der Waals surface area (Å²) in [7, 11) is 0. The van der Waals surface area contributed by atoms with Crippen LogP contribution < -0.4 is 5.32 Å². The molecule has 1 aliphatic heterocycles. The number of piperidine rings is 1. The molecular formula is C20H32N2O2. The van der Waals surface area contributed by atoms with Gasteiger partial charge in [-0.15, -0.1) is 0 Å². The van der Waals surface area contributed by atoms with Crippen molar-refractivity contribution in [2.24, 2.45) is 5.92 Å². The molecule has 1 aromatic heterocycles. The molecule has 2 aliphatic carbocycles. The molecule has 134 valence electrons. The van der Waals surface area contributed by atoms with Crippen molar-refractivity contribution in [3.63, 3.8) is 0 Å². The van der Waals surface area contributed by atoms with Crippen molar-refractivity contribution in [2.45, 2.75) is 82.5 Å². The Hall–Kier alpha value is -0.840. The highest BCUT2D eigenvalue weighted by atomic mass is 16.3. The van der Waals surface area contributed by atoms with Gasteiger partial charge in [0.25, 0.3) is 0 Å². The number of nitrogens with zero attached hydrogens (tertiary/aromatic N) is 1. The minimum atomic E-state index is -0.102. The van der Waals surface area contributed by atoms with E-state index >= 15 is 0 Å². The van der Waals surface area contributed by atoms with Crippen LogP contribution in [-0.2, 0) is 6.54 Å². The van der Waals surface area contributed by atoms with Crippen LogP contribution in [0.25, 0.3) is 0 Å². The second kappa shape index (κ2) is 7.19. The van der Waals surface area contributed by atoms with E-state index in [0.717, 1.165) is 37.7 Å². The molecule has 1 saturated heterocycles. The van der Waals surface area contributed by atoms with Crippen LogP contribution in [0.1, 0.15) is 69.3 Å². The fourth-order valence-corrected chi connectivity index (χ4v) is 4.61. The number of likely N-dealkylation sites (tertiary alicyclic amines) is 1. The van der Waals surface area contributed by atoms with Gasteiger partial charge in [0, 0.05) is 31.1 Å². The van der Waals surface area contributed by atoms with E-state index in [4.69, 9.17) is 4.42 Å². The molecule has 2 N–H and O–H groups in total. The monoisotopic (exact) mass is 332 g/mol. The van der Waals surface area contributed by atoms with Gasteiger partial charge in [-0.05, 0) is 50.2 Å². The fraction of sp³-hybridized carbons (Fsp3) is 0.800. The third-order valence-corrected chi connectivity index (χ3v) is 6.41. The molecule has 4 atom stereocenters. The number of nitrogens with one attached hydrogen (secondary N) is 1. The first kappa shape index (κ1) is 16.6. The summed E-state index contributed by atoms with van der Waals surface area (Å²) in [5.41, 5.74) is 0. The van der Waals surface area contributed by atoms with Crippen LogP contribution in [0.5, 0.6) is 0 Å². The summed E-state index contributed by atoms with van der Waals surface area (Å²) >= 11 is 0. The fourth-order valence-electron chi connectivity index (χ4n) is 4.61. The van der Waals surface area contributed by atoms with Gasteiger partial charge in [-0.1, -0.05) is 19.8 Å². The third kappa shape index (κ3) is 3.71. The highest BCUT2D eigenvalue weighted by Crippen LogP contribution is 2.47. The molecule has 4 rings (SSSR count). The van der Waals surface area contributed by atoms with Crippen molar-refractivity contribution in [1.29, 1.82) is 0 Å². The van der Waals surface area contributed by atoms with Gasteiger partial charge in [-0.25, -0.2) is 0 Å². The van der Waals surface area contributed by atoms with Crippen LogP contribution in [0.2, 0.25) is 0 Å². The van der Waals surface area contributed by atoms with Gasteiger partial charge in [0.15, 0.2) is 0 Å². The molecule has 1 aromatic rings. The average molecular weight is 332 g/mol. The summed E-state index contributed by atoms with van der Waals surface area (Å²) in [6.45, 7) is 5.37. The molecule has 4 unspecified atom stereocenters. The van der Waals surface area contributed by atoms with E-state index in [0.29, 0.717) is 18.0 Å². The van der Waals surface area contributed by atoms with Crippen molar-refractivity contribution in [3.05, 3.63) is 23.7 Å². The number of aliphatic hydroxyl groups is 1. The molecule has 0 radical (unpaired) electrons. The lowest BCUT2D eigenvalue weighted by Crippen LogP contribution is -2.51. The van der Waals surface area contributed by atoms with Crippen molar-refractivity contribution in [2.75, 3.05) is 13.1 Å². The summed E-state index contributed by atoms with van der Waals surface area (Å²) in [5, 5.41) is 13.9. The lowest BCUT2D eigenvalue weighted by molar-refractivity contribution is 0.00706. The predicted octanol–water partition coefficient (Wildman–Crippen LogP) is 3.26. The summed E-state index contributed by atoms with van der Waals surface area (Å²) < 4.78 is 5.99. The first-order valence-corrected chi connectivity index (χ1v) is 9.95. The minimum Gasteiger partial charge on any atom is -0.464 e. The van der Waals surface area contributed by atoms with Crippen LogP contribution in [0, 0.1) is 5.92 Å². The molecule has 3 fully saturated rings. The zero-order chi connectivity index (χ0) is 16.5. The number of rotatable bonds is 5. The Morgan fingerprint density at radius 1 is 1.17 bits per heavy atom. The van der Waals surface area contributed by atoms with E-state index in [1.165, 1.54) is 44.3 Å². The molecule has 2 saturated carbocycles. The molecule has 0 spiro atoms. The highest BCUT2D eigenvalue weighted by Gasteiger charge is 2.36. The number of hydrogen-bond donors (Lipinski definition) is 2. The van der Waals surface area contributed by atoms with E-state index < -0.39 is 0 Å². The largest absolute Gasteiger partial charge is 0.464 e. The van der Waals surface area contributed by atoms with Gasteiger partial charge in [0.1, 0.15) is 11.5 Å². The average Bonchev–Trinajstić information content (AvgIpc) is 3.15. The van der Waals surface area contributed by atoms with Gasteiger partial charge >= 0.3 is 0 Å². The lowest BCUT2D eigenvalue weighted by Gasteiger charge is -2.41. The topological polar surface area (TPSA) is 48.6 Å². The minimum absolute atomic E-state index is 0.102. The van der Waals surface area contributed by atoms with E-state index in [1.807, 2.05) is 0 Å². The second-order valence-corrected chi connectivity index (χ2v) is 8.23. The Balaban J connectivity index is 1.21. The normalized spacial score (nSPS) is 35.2. The summed E-state index contributed by atoms with van der Waals surface area (Å²) in [5.74, 6) is 3.73. The zero-order valence-electron chi connectivity index (χ0n) is 14.9. The molecular weight excluding hydrogens is 300 g/mol. The van der Waals surface area contributed by atoms with Gasteiger partial charge < -0.3 is 14.8 Å². The number of furan rings is 1. The number of hydrogen-bond acceptors (Lipinski definition) is 4. The van der Waals surface area contributed by atoms with E-state index in [-0.39, 0.29) is 6.10 Å². The predicted molar refractivity (Wildman–Crippen MR) is 94.9 cm³/mol. The Morgan fingerprint density at radius 3 is 2.62 bits per heavy atom. The maximum atomic E-state index is 10.2. The lowest BCUT2D eigenvalue weighted by atomic mass is 9.89. The third-order valence-electron chi connectivity index (χ3n) is 6.41. The summed E-state index contributed by atoms with van der Waals surface area (Å²) in [4.78, 5) is 2.53. The van der Waals surface area contributed by atoms with E-state index in [9.17, 15) is 5.11 Å². The first-order valence-electron chi connectivity index (χ1n) is 9.95.